The van der Waals surface area contributed by atoms with E-state index in [1.807, 2.05) is 13.8 Å². The predicted molar refractivity (Wildman–Crippen MR) is 123 cm³/mol. The lowest BCUT2D eigenvalue weighted by Crippen LogP contribution is -2.13. The van der Waals surface area contributed by atoms with Crippen LogP contribution in [0.5, 0.6) is 11.5 Å². The average molecular weight is 447 g/mol. The van der Waals surface area contributed by atoms with Gasteiger partial charge in [-0.1, -0.05) is 12.1 Å². The molecule has 0 fully saturated rings. The fraction of sp³-hybridized carbons (Fsp3) is 0.280. The highest BCUT2D eigenvalue weighted by Crippen LogP contribution is 2.21. The molecule has 1 N–H and O–H groups in total. The number of nitrogens with zero attached hydrogens (tertiary/aromatic N) is 3. The summed E-state index contributed by atoms with van der Waals surface area (Å²) < 4.78 is 12.4. The second-order valence-electron chi connectivity index (χ2n) is 7.43. The molecule has 8 heteroatoms. The maximum Gasteiger partial charge on any atom is 0.311 e. The molecule has 2 aromatic carbocycles. The maximum atomic E-state index is 12.5. The van der Waals surface area contributed by atoms with Crippen molar-refractivity contribution >= 4 is 17.6 Å². The van der Waals surface area contributed by atoms with Gasteiger partial charge in [0.05, 0.1) is 43.8 Å². The van der Waals surface area contributed by atoms with E-state index in [0.717, 1.165) is 17.0 Å². The van der Waals surface area contributed by atoms with Crippen molar-refractivity contribution in [1.82, 2.24) is 9.78 Å². The zero-order chi connectivity index (χ0) is 23.8. The van der Waals surface area contributed by atoms with Gasteiger partial charge in [-0.05, 0) is 62.2 Å². The van der Waals surface area contributed by atoms with Gasteiger partial charge in [-0.2, -0.15) is 10.4 Å². The number of nitriles is 1. The number of rotatable bonds is 9. The topological polar surface area (TPSA) is 106 Å². The van der Waals surface area contributed by atoms with E-state index < -0.39 is 0 Å². The maximum absolute atomic E-state index is 12.5. The molecule has 170 valence electrons. The molecule has 1 aromatic heterocycles. The first kappa shape index (κ1) is 23.5. The van der Waals surface area contributed by atoms with Crippen LogP contribution in [0.1, 0.15) is 40.2 Å². The van der Waals surface area contributed by atoms with Crippen LogP contribution in [-0.2, 0) is 17.8 Å². The van der Waals surface area contributed by atoms with E-state index in [1.54, 1.807) is 53.2 Å². The third kappa shape index (κ3) is 5.98. The summed E-state index contributed by atoms with van der Waals surface area (Å²) in [5, 5.41) is 16.0. The number of nitrogens with one attached hydrogen (secondary N) is 1. The van der Waals surface area contributed by atoms with Gasteiger partial charge in [0, 0.05) is 11.4 Å². The van der Waals surface area contributed by atoms with E-state index in [4.69, 9.17) is 14.7 Å². The molecule has 0 unspecified atom stereocenters. The summed E-state index contributed by atoms with van der Waals surface area (Å²) in [5.41, 5.74) is 3.82. The van der Waals surface area contributed by atoms with Gasteiger partial charge in [-0.3, -0.25) is 14.3 Å². The van der Waals surface area contributed by atoms with Crippen LogP contribution in [-0.4, -0.2) is 28.8 Å². The summed E-state index contributed by atoms with van der Waals surface area (Å²) >= 11 is 0. The number of aryl methyl sites for hydroxylation is 2. The molecule has 0 atom stereocenters. The zero-order valence-electron chi connectivity index (χ0n) is 18.9. The van der Waals surface area contributed by atoms with Crippen molar-refractivity contribution in [2.75, 3.05) is 12.4 Å². The molecule has 1 amide bonds. The Morgan fingerprint density at radius 1 is 1.12 bits per heavy atom. The Balaban J connectivity index is 1.55. The number of esters is 1. The Hall–Kier alpha value is -4.12. The van der Waals surface area contributed by atoms with Crippen LogP contribution in [0.2, 0.25) is 0 Å². The molecule has 3 rings (SSSR count). The summed E-state index contributed by atoms with van der Waals surface area (Å²) in [6, 6.07) is 15.7. The zero-order valence-corrected chi connectivity index (χ0v) is 18.9. The number of anilines is 1. The fourth-order valence-corrected chi connectivity index (χ4v) is 3.52. The van der Waals surface area contributed by atoms with Crippen molar-refractivity contribution in [3.05, 3.63) is 71.0 Å². The van der Waals surface area contributed by atoms with Gasteiger partial charge in [-0.15, -0.1) is 0 Å². The van der Waals surface area contributed by atoms with Gasteiger partial charge in [0.1, 0.15) is 11.5 Å². The smallest absolute Gasteiger partial charge is 0.311 e. The number of para-hydroxylation sites is 1. The summed E-state index contributed by atoms with van der Waals surface area (Å²) in [4.78, 5) is 24.8. The molecule has 3 aromatic rings. The van der Waals surface area contributed by atoms with Gasteiger partial charge in [0.25, 0.3) is 5.91 Å². The number of amides is 1. The third-order valence-electron chi connectivity index (χ3n) is 5.24. The van der Waals surface area contributed by atoms with Crippen LogP contribution in [0.15, 0.2) is 48.5 Å². The Morgan fingerprint density at radius 3 is 2.55 bits per heavy atom. The molecule has 1 heterocycles. The van der Waals surface area contributed by atoms with Crippen LogP contribution in [0.4, 0.5) is 5.69 Å². The van der Waals surface area contributed by atoms with Crippen molar-refractivity contribution in [2.45, 2.75) is 39.7 Å². The second kappa shape index (κ2) is 11.0. The van der Waals surface area contributed by atoms with E-state index >= 15 is 0 Å². The molecular weight excluding hydrogens is 420 g/mol. The van der Waals surface area contributed by atoms with Crippen molar-refractivity contribution in [2.24, 2.45) is 0 Å². The van der Waals surface area contributed by atoms with E-state index in [1.165, 1.54) is 7.11 Å². The highest BCUT2D eigenvalue weighted by atomic mass is 16.5. The molecule has 0 aliphatic rings. The average Bonchev–Trinajstić information content (AvgIpc) is 3.09. The number of hydrogen-bond donors (Lipinski definition) is 1. The molecule has 8 nitrogen and oxygen atoms in total. The Bertz CT molecular complexity index is 1180. The quantitative estimate of drug-likeness (QED) is 0.390. The number of hydrogen-bond acceptors (Lipinski definition) is 6. The Labute approximate surface area is 192 Å². The SMILES string of the molecule is COc1ccccc1C(=O)Nc1ccc(OC(=O)CCc2c(C)nn(CCC#N)c2C)cc1. The third-order valence-corrected chi connectivity index (χ3v) is 5.24. The normalized spacial score (nSPS) is 10.4. The molecule has 0 spiro atoms. The number of benzene rings is 2. The Kier molecular flexibility index (Phi) is 7.82. The standard InChI is InChI=1S/C25H26N4O4/c1-17-21(18(2)29(28-17)16-6-15-26)13-14-24(30)33-20-11-9-19(10-12-20)27-25(31)22-7-4-5-8-23(22)32-3/h4-5,7-12H,6,13-14,16H2,1-3H3,(H,27,31). The minimum absolute atomic E-state index is 0.206. The van der Waals surface area contributed by atoms with Gasteiger partial charge >= 0.3 is 5.97 Å². The predicted octanol–water partition coefficient (Wildman–Crippen LogP) is 4.21. The van der Waals surface area contributed by atoms with Crippen molar-refractivity contribution < 1.29 is 19.1 Å². The molecule has 0 aliphatic heterocycles. The van der Waals surface area contributed by atoms with Gasteiger partial charge in [0.2, 0.25) is 0 Å². The number of carbonyl (C=O) groups is 2. The van der Waals surface area contributed by atoms with Gasteiger partial charge < -0.3 is 14.8 Å². The van der Waals surface area contributed by atoms with Crippen molar-refractivity contribution in [3.8, 4) is 17.6 Å². The molecule has 0 saturated carbocycles. The molecular formula is C25H26N4O4. The minimum Gasteiger partial charge on any atom is -0.496 e. The lowest BCUT2D eigenvalue weighted by molar-refractivity contribution is -0.134. The van der Waals surface area contributed by atoms with E-state index in [2.05, 4.69) is 16.5 Å². The lowest BCUT2D eigenvalue weighted by Gasteiger charge is -2.10. The van der Waals surface area contributed by atoms with Gasteiger partial charge in [0.15, 0.2) is 0 Å². The number of carbonyl (C=O) groups excluding carboxylic acids is 2. The van der Waals surface area contributed by atoms with E-state index in [0.29, 0.717) is 42.1 Å². The van der Waals surface area contributed by atoms with Crippen molar-refractivity contribution in [1.29, 1.82) is 5.26 Å². The number of methoxy groups -OCH3 is 1. The van der Waals surface area contributed by atoms with E-state index in [9.17, 15) is 9.59 Å². The minimum atomic E-state index is -0.357. The first-order valence-corrected chi connectivity index (χ1v) is 10.6. The van der Waals surface area contributed by atoms with Crippen LogP contribution in [0, 0.1) is 25.2 Å². The number of aromatic nitrogens is 2. The molecule has 0 bridgehead atoms. The van der Waals surface area contributed by atoms with Crippen LogP contribution >= 0.6 is 0 Å². The molecule has 0 radical (unpaired) electrons. The van der Waals surface area contributed by atoms with Crippen LogP contribution in [0.3, 0.4) is 0 Å². The monoisotopic (exact) mass is 446 g/mol. The summed E-state index contributed by atoms with van der Waals surface area (Å²) in [5.74, 6) is 0.234. The second-order valence-corrected chi connectivity index (χ2v) is 7.43. The fourth-order valence-electron chi connectivity index (χ4n) is 3.52. The molecule has 0 saturated heterocycles. The van der Waals surface area contributed by atoms with Crippen LogP contribution < -0.4 is 14.8 Å². The summed E-state index contributed by atoms with van der Waals surface area (Å²) in [7, 11) is 1.51. The van der Waals surface area contributed by atoms with Crippen molar-refractivity contribution in [3.63, 3.8) is 0 Å². The first-order valence-electron chi connectivity index (χ1n) is 10.6. The van der Waals surface area contributed by atoms with Crippen LogP contribution in [0.25, 0.3) is 0 Å². The number of ether oxygens (including phenoxy) is 2. The Morgan fingerprint density at radius 2 is 1.85 bits per heavy atom. The molecule has 33 heavy (non-hydrogen) atoms. The highest BCUT2D eigenvalue weighted by molar-refractivity contribution is 6.06. The molecule has 0 aliphatic carbocycles. The summed E-state index contributed by atoms with van der Waals surface area (Å²) in [6.07, 6.45) is 1.10. The lowest BCUT2D eigenvalue weighted by atomic mass is 10.1. The largest absolute Gasteiger partial charge is 0.496 e. The summed E-state index contributed by atoms with van der Waals surface area (Å²) in [6.45, 7) is 4.37. The first-order chi connectivity index (χ1) is 15.9. The highest BCUT2D eigenvalue weighted by Gasteiger charge is 2.15. The van der Waals surface area contributed by atoms with E-state index in [-0.39, 0.29) is 18.3 Å². The van der Waals surface area contributed by atoms with Gasteiger partial charge in [-0.25, -0.2) is 0 Å².